The summed E-state index contributed by atoms with van der Waals surface area (Å²) in [5, 5.41) is 0. The SMILES string of the molecule is CCCCCCCCC(/C=C/CCCCCCC(=O)OC)/C(=C/C(=O)OC)C(=O)OC. The lowest BCUT2D eigenvalue weighted by molar-refractivity contribution is -0.140. The van der Waals surface area contributed by atoms with Crippen molar-refractivity contribution >= 4 is 17.9 Å². The van der Waals surface area contributed by atoms with E-state index >= 15 is 0 Å². The van der Waals surface area contributed by atoms with E-state index in [2.05, 4.69) is 17.7 Å². The van der Waals surface area contributed by atoms with Crippen LogP contribution in [-0.2, 0) is 28.6 Å². The first kappa shape index (κ1) is 28.9. The Balaban J connectivity index is 4.78. The largest absolute Gasteiger partial charge is 0.469 e. The van der Waals surface area contributed by atoms with Crippen LogP contribution in [0.5, 0.6) is 0 Å². The van der Waals surface area contributed by atoms with Gasteiger partial charge in [-0.1, -0.05) is 70.4 Å². The molecule has 6 heteroatoms. The van der Waals surface area contributed by atoms with E-state index in [-0.39, 0.29) is 11.9 Å². The molecule has 0 bridgehead atoms. The van der Waals surface area contributed by atoms with E-state index in [1.54, 1.807) is 0 Å². The van der Waals surface area contributed by atoms with Crippen LogP contribution in [0.2, 0.25) is 0 Å². The minimum absolute atomic E-state index is 0.162. The first-order valence-corrected chi connectivity index (χ1v) is 11.6. The molecule has 0 rings (SSSR count). The Bertz CT molecular complexity index is 564. The van der Waals surface area contributed by atoms with E-state index in [1.807, 2.05) is 6.08 Å². The second kappa shape index (κ2) is 19.8. The number of allylic oxidation sites excluding steroid dienone is 2. The molecule has 0 aromatic rings. The average Bonchev–Trinajstić information content (AvgIpc) is 2.79. The Morgan fingerprint density at radius 3 is 2.06 bits per heavy atom. The van der Waals surface area contributed by atoms with Crippen LogP contribution in [0, 0.1) is 5.92 Å². The van der Waals surface area contributed by atoms with E-state index in [9.17, 15) is 14.4 Å². The highest BCUT2D eigenvalue weighted by Gasteiger charge is 2.21. The zero-order valence-corrected chi connectivity index (χ0v) is 20.0. The summed E-state index contributed by atoms with van der Waals surface area (Å²) in [6.45, 7) is 2.19. The van der Waals surface area contributed by atoms with Crippen molar-refractivity contribution in [3.05, 3.63) is 23.8 Å². The van der Waals surface area contributed by atoms with Crippen molar-refractivity contribution in [1.82, 2.24) is 0 Å². The summed E-state index contributed by atoms with van der Waals surface area (Å²) in [5.41, 5.74) is 0.345. The van der Waals surface area contributed by atoms with Gasteiger partial charge >= 0.3 is 17.9 Å². The summed E-state index contributed by atoms with van der Waals surface area (Å²) >= 11 is 0. The summed E-state index contributed by atoms with van der Waals surface area (Å²) in [6, 6.07) is 0. The molecule has 0 aliphatic heterocycles. The Hall–Kier alpha value is -2.11. The maximum atomic E-state index is 12.3. The van der Waals surface area contributed by atoms with Gasteiger partial charge in [0.25, 0.3) is 0 Å². The number of esters is 3. The fraction of sp³-hybridized carbons (Fsp3) is 0.720. The summed E-state index contributed by atoms with van der Waals surface area (Å²) in [4.78, 5) is 35.2. The molecule has 0 heterocycles. The molecule has 1 atom stereocenters. The number of rotatable bonds is 18. The minimum Gasteiger partial charge on any atom is -0.469 e. The molecule has 0 N–H and O–H groups in total. The topological polar surface area (TPSA) is 78.9 Å². The highest BCUT2D eigenvalue weighted by Crippen LogP contribution is 2.23. The molecule has 0 spiro atoms. The second-order valence-electron chi connectivity index (χ2n) is 7.73. The van der Waals surface area contributed by atoms with Crippen molar-refractivity contribution in [2.75, 3.05) is 21.3 Å². The Morgan fingerprint density at radius 1 is 0.774 bits per heavy atom. The fourth-order valence-electron chi connectivity index (χ4n) is 3.37. The molecule has 0 saturated carbocycles. The summed E-state index contributed by atoms with van der Waals surface area (Å²) in [6.07, 6.45) is 18.3. The molecule has 0 radical (unpaired) electrons. The molecule has 0 aromatic heterocycles. The van der Waals surface area contributed by atoms with Crippen LogP contribution in [0.4, 0.5) is 0 Å². The third-order valence-electron chi connectivity index (χ3n) is 5.26. The van der Waals surface area contributed by atoms with Crippen LogP contribution in [0.25, 0.3) is 0 Å². The number of hydrogen-bond donors (Lipinski definition) is 0. The molecular weight excluding hydrogens is 396 g/mol. The monoisotopic (exact) mass is 438 g/mol. The number of ether oxygens (including phenoxy) is 3. The molecule has 178 valence electrons. The zero-order chi connectivity index (χ0) is 23.3. The van der Waals surface area contributed by atoms with Crippen molar-refractivity contribution in [2.45, 2.75) is 90.4 Å². The zero-order valence-electron chi connectivity index (χ0n) is 20.0. The number of hydrogen-bond acceptors (Lipinski definition) is 6. The van der Waals surface area contributed by atoms with Crippen LogP contribution < -0.4 is 0 Å². The van der Waals surface area contributed by atoms with Gasteiger partial charge in [0.1, 0.15) is 0 Å². The van der Waals surface area contributed by atoms with Gasteiger partial charge < -0.3 is 14.2 Å². The number of unbranched alkanes of at least 4 members (excludes halogenated alkanes) is 9. The first-order chi connectivity index (χ1) is 15.0. The second-order valence-corrected chi connectivity index (χ2v) is 7.73. The van der Waals surface area contributed by atoms with E-state index in [1.165, 1.54) is 53.1 Å². The average molecular weight is 439 g/mol. The van der Waals surface area contributed by atoms with Crippen LogP contribution in [-0.4, -0.2) is 39.2 Å². The standard InChI is InChI=1S/C25H42O6/c1-5-6-7-8-11-14-17-21(22(25(28)31-4)20-24(27)30-3)18-15-12-9-10-13-16-19-23(26)29-2/h15,18,20-21H,5-14,16-17,19H2,1-4H3/b18-15+,22-20-. The van der Waals surface area contributed by atoms with E-state index in [0.717, 1.165) is 51.4 Å². The van der Waals surface area contributed by atoms with Crippen LogP contribution >= 0.6 is 0 Å². The maximum Gasteiger partial charge on any atom is 0.334 e. The lowest BCUT2D eigenvalue weighted by Crippen LogP contribution is -2.16. The van der Waals surface area contributed by atoms with E-state index < -0.39 is 11.9 Å². The smallest absolute Gasteiger partial charge is 0.334 e. The number of carbonyl (C=O) groups is 3. The molecule has 6 nitrogen and oxygen atoms in total. The van der Waals surface area contributed by atoms with Gasteiger partial charge in [0.15, 0.2) is 0 Å². The van der Waals surface area contributed by atoms with Crippen molar-refractivity contribution in [2.24, 2.45) is 5.92 Å². The Morgan fingerprint density at radius 2 is 1.42 bits per heavy atom. The van der Waals surface area contributed by atoms with Gasteiger partial charge in [0, 0.05) is 18.4 Å². The van der Waals surface area contributed by atoms with Gasteiger partial charge in [-0.15, -0.1) is 0 Å². The molecule has 0 aromatic carbocycles. The van der Waals surface area contributed by atoms with Gasteiger partial charge in [-0.05, 0) is 25.7 Å². The first-order valence-electron chi connectivity index (χ1n) is 11.6. The van der Waals surface area contributed by atoms with Gasteiger partial charge in [0.05, 0.1) is 26.9 Å². The molecule has 0 aliphatic carbocycles. The van der Waals surface area contributed by atoms with E-state index in [4.69, 9.17) is 9.47 Å². The summed E-state index contributed by atoms with van der Waals surface area (Å²) in [7, 11) is 4.03. The lowest BCUT2D eigenvalue weighted by Gasteiger charge is -2.15. The highest BCUT2D eigenvalue weighted by molar-refractivity contribution is 5.97. The number of carbonyl (C=O) groups excluding carboxylic acids is 3. The Labute approximate surface area is 188 Å². The minimum atomic E-state index is -0.549. The third kappa shape index (κ3) is 15.4. The van der Waals surface area contributed by atoms with Gasteiger partial charge in [0.2, 0.25) is 0 Å². The molecule has 31 heavy (non-hydrogen) atoms. The van der Waals surface area contributed by atoms with Gasteiger partial charge in [-0.25, -0.2) is 9.59 Å². The molecule has 1 unspecified atom stereocenters. The molecule has 0 amide bonds. The van der Waals surface area contributed by atoms with E-state index in [0.29, 0.717) is 12.0 Å². The van der Waals surface area contributed by atoms with Crippen LogP contribution in [0.15, 0.2) is 23.8 Å². The predicted molar refractivity (Wildman–Crippen MR) is 122 cm³/mol. The maximum absolute atomic E-state index is 12.3. The molecule has 0 aliphatic rings. The molecular formula is C25H42O6. The summed E-state index contributed by atoms with van der Waals surface area (Å²) < 4.78 is 14.3. The fourth-order valence-corrected chi connectivity index (χ4v) is 3.37. The van der Waals surface area contributed by atoms with Gasteiger partial charge in [-0.2, -0.15) is 0 Å². The van der Waals surface area contributed by atoms with Crippen LogP contribution in [0.3, 0.4) is 0 Å². The van der Waals surface area contributed by atoms with Crippen LogP contribution in [0.1, 0.15) is 90.4 Å². The highest BCUT2D eigenvalue weighted by atomic mass is 16.5. The molecule has 0 fully saturated rings. The lowest BCUT2D eigenvalue weighted by atomic mass is 9.91. The quantitative estimate of drug-likeness (QED) is 0.0898. The van der Waals surface area contributed by atoms with Gasteiger partial charge in [-0.3, -0.25) is 4.79 Å². The Kier molecular flexibility index (Phi) is 18.5. The normalized spacial score (nSPS) is 12.6. The number of methoxy groups -OCH3 is 3. The van der Waals surface area contributed by atoms with Crippen molar-refractivity contribution < 1.29 is 28.6 Å². The third-order valence-corrected chi connectivity index (χ3v) is 5.26. The van der Waals surface area contributed by atoms with Crippen molar-refractivity contribution in [3.63, 3.8) is 0 Å². The van der Waals surface area contributed by atoms with Crippen molar-refractivity contribution in [1.29, 1.82) is 0 Å². The molecule has 0 saturated heterocycles. The van der Waals surface area contributed by atoms with Crippen molar-refractivity contribution in [3.8, 4) is 0 Å². The summed E-state index contributed by atoms with van der Waals surface area (Å²) in [5.74, 6) is -1.37. The predicted octanol–water partition coefficient (Wildman–Crippen LogP) is 5.70.